The van der Waals surface area contributed by atoms with Gasteiger partial charge >= 0.3 is 6.36 Å². The van der Waals surface area contributed by atoms with E-state index in [1.54, 1.807) is 36.4 Å². The molecule has 2 atom stereocenters. The largest absolute Gasteiger partial charge is 0.523 e. The van der Waals surface area contributed by atoms with Crippen LogP contribution in [-0.4, -0.2) is 53.4 Å². The summed E-state index contributed by atoms with van der Waals surface area (Å²) in [4.78, 5) is 25.4. The van der Waals surface area contributed by atoms with Gasteiger partial charge in [-0.15, -0.1) is 13.2 Å². The smallest absolute Gasteiger partial charge is 0.503 e. The summed E-state index contributed by atoms with van der Waals surface area (Å²) >= 11 is 0. The van der Waals surface area contributed by atoms with E-state index in [2.05, 4.69) is 10.1 Å². The average molecular weight is 422 g/mol. The fraction of sp³-hybridized carbons (Fsp3) is 0.333. The minimum atomic E-state index is -4.95. The first-order valence-electron chi connectivity index (χ1n) is 9.21. The van der Waals surface area contributed by atoms with Crippen molar-refractivity contribution in [2.45, 2.75) is 31.3 Å². The predicted molar refractivity (Wildman–Crippen MR) is 103 cm³/mol. The second kappa shape index (κ2) is 7.98. The van der Waals surface area contributed by atoms with Gasteiger partial charge in [0.05, 0.1) is 18.2 Å². The number of nitrogens with zero attached hydrogens (tertiary/aromatic N) is 1. The van der Waals surface area contributed by atoms with E-state index in [0.29, 0.717) is 5.57 Å². The van der Waals surface area contributed by atoms with Crippen LogP contribution in [0.2, 0.25) is 0 Å². The van der Waals surface area contributed by atoms with Crippen LogP contribution in [0.4, 0.5) is 13.2 Å². The molecule has 0 spiro atoms. The Labute approximate surface area is 171 Å². The molecule has 1 aliphatic heterocycles. The molecule has 3 rings (SSSR count). The SMILES string of the molecule is CC(NC(=O)C1=C(O)C(=O)N(C)C1)C1(OC(F)(F)F)C=CC=C(c2ccccc2)C1. The summed E-state index contributed by atoms with van der Waals surface area (Å²) < 4.78 is 44.4. The molecule has 2 amide bonds. The van der Waals surface area contributed by atoms with Crippen molar-refractivity contribution in [2.75, 3.05) is 13.6 Å². The molecular weight excluding hydrogens is 401 g/mol. The van der Waals surface area contributed by atoms with Gasteiger partial charge in [-0.25, -0.2) is 0 Å². The maximum Gasteiger partial charge on any atom is 0.523 e. The first kappa shape index (κ1) is 21.6. The standard InChI is InChI=1S/C21H21F3N2O4/c1-13(25-18(28)16-12-26(2)19(29)17(16)27)20(30-21(22,23)24)10-6-9-15(11-20)14-7-4-3-5-8-14/h3-10,13,27H,11-12H2,1-2H3,(H,25,28). The fourth-order valence-corrected chi connectivity index (χ4v) is 3.54. The van der Waals surface area contributed by atoms with E-state index in [9.17, 15) is 27.9 Å². The molecule has 1 aromatic carbocycles. The number of hydrogen-bond acceptors (Lipinski definition) is 4. The third-order valence-electron chi connectivity index (χ3n) is 5.18. The lowest BCUT2D eigenvalue weighted by Crippen LogP contribution is -2.54. The summed E-state index contributed by atoms with van der Waals surface area (Å²) in [7, 11) is 1.40. The van der Waals surface area contributed by atoms with Crippen LogP contribution in [0.15, 0.2) is 59.9 Å². The fourth-order valence-electron chi connectivity index (χ4n) is 3.54. The van der Waals surface area contributed by atoms with E-state index in [1.807, 2.05) is 0 Å². The van der Waals surface area contributed by atoms with Gasteiger partial charge in [-0.3, -0.25) is 14.3 Å². The Morgan fingerprint density at radius 3 is 2.53 bits per heavy atom. The minimum Gasteiger partial charge on any atom is -0.503 e. The topological polar surface area (TPSA) is 78.9 Å². The van der Waals surface area contributed by atoms with Crippen LogP contribution in [-0.2, 0) is 14.3 Å². The maximum atomic E-state index is 13.3. The van der Waals surface area contributed by atoms with Crippen molar-refractivity contribution in [3.05, 3.63) is 65.5 Å². The molecule has 2 aliphatic rings. The Balaban J connectivity index is 1.87. The Morgan fingerprint density at radius 1 is 1.30 bits per heavy atom. The molecule has 0 aromatic heterocycles. The van der Waals surface area contributed by atoms with E-state index >= 15 is 0 Å². The number of ether oxygens (including phenoxy) is 1. The van der Waals surface area contributed by atoms with Crippen LogP contribution < -0.4 is 5.32 Å². The second-order valence-electron chi connectivity index (χ2n) is 7.28. The van der Waals surface area contributed by atoms with Gasteiger partial charge in [0.15, 0.2) is 5.76 Å². The summed E-state index contributed by atoms with van der Waals surface area (Å²) in [5.74, 6) is -2.26. The molecule has 0 bridgehead atoms. The van der Waals surface area contributed by atoms with Gasteiger partial charge in [0.2, 0.25) is 0 Å². The summed E-state index contributed by atoms with van der Waals surface area (Å²) in [6.07, 6.45) is -0.672. The van der Waals surface area contributed by atoms with E-state index in [4.69, 9.17) is 0 Å². The number of alkyl halides is 3. The van der Waals surface area contributed by atoms with E-state index < -0.39 is 35.6 Å². The lowest BCUT2D eigenvalue weighted by Gasteiger charge is -2.39. The molecule has 1 aliphatic carbocycles. The number of aliphatic hydroxyl groups is 1. The zero-order valence-corrected chi connectivity index (χ0v) is 16.4. The molecule has 1 heterocycles. The van der Waals surface area contributed by atoms with Gasteiger partial charge in [-0.1, -0.05) is 48.6 Å². The third kappa shape index (κ3) is 4.40. The number of benzene rings is 1. The van der Waals surface area contributed by atoms with Gasteiger partial charge < -0.3 is 15.3 Å². The number of likely N-dealkylation sites (N-methyl/N-ethyl adjacent to an activating group) is 1. The predicted octanol–water partition coefficient (Wildman–Crippen LogP) is 3.09. The molecule has 0 radical (unpaired) electrons. The maximum absolute atomic E-state index is 13.3. The van der Waals surface area contributed by atoms with Crippen LogP contribution >= 0.6 is 0 Å². The number of amides is 2. The first-order valence-corrected chi connectivity index (χ1v) is 9.21. The van der Waals surface area contributed by atoms with Crippen molar-refractivity contribution in [1.82, 2.24) is 10.2 Å². The van der Waals surface area contributed by atoms with Gasteiger partial charge in [-0.2, -0.15) is 0 Å². The molecule has 1 aromatic rings. The quantitative estimate of drug-likeness (QED) is 0.765. The highest BCUT2D eigenvalue weighted by Gasteiger charge is 2.48. The van der Waals surface area contributed by atoms with Crippen molar-refractivity contribution < 1.29 is 32.6 Å². The Hall–Kier alpha value is -3.07. The highest BCUT2D eigenvalue weighted by atomic mass is 19.4. The Kier molecular flexibility index (Phi) is 5.76. The number of aliphatic hydroxyl groups excluding tert-OH is 1. The first-order chi connectivity index (χ1) is 14.0. The Morgan fingerprint density at radius 2 is 1.97 bits per heavy atom. The number of rotatable bonds is 5. The normalized spacial score (nSPS) is 22.9. The lowest BCUT2D eigenvalue weighted by molar-refractivity contribution is -0.360. The van der Waals surface area contributed by atoms with Crippen LogP contribution in [0.1, 0.15) is 18.9 Å². The van der Waals surface area contributed by atoms with Crippen molar-refractivity contribution in [3.63, 3.8) is 0 Å². The van der Waals surface area contributed by atoms with Gasteiger partial charge in [0, 0.05) is 13.5 Å². The van der Waals surface area contributed by atoms with Gasteiger partial charge in [0.25, 0.3) is 11.8 Å². The van der Waals surface area contributed by atoms with Crippen LogP contribution in [0, 0.1) is 0 Å². The highest BCUT2D eigenvalue weighted by molar-refractivity contribution is 6.06. The number of halogens is 3. The second-order valence-corrected chi connectivity index (χ2v) is 7.28. The number of nitrogens with one attached hydrogen (secondary N) is 1. The van der Waals surface area contributed by atoms with E-state index in [1.165, 1.54) is 26.1 Å². The highest BCUT2D eigenvalue weighted by Crippen LogP contribution is 2.39. The lowest BCUT2D eigenvalue weighted by atomic mass is 9.81. The molecule has 6 nitrogen and oxygen atoms in total. The van der Waals surface area contributed by atoms with Gasteiger partial charge in [0.1, 0.15) is 5.60 Å². The number of carbonyl (C=O) groups excluding carboxylic acids is 2. The summed E-state index contributed by atoms with van der Waals surface area (Å²) in [5.41, 5.74) is -0.756. The number of carbonyl (C=O) groups is 2. The zero-order valence-electron chi connectivity index (χ0n) is 16.4. The van der Waals surface area contributed by atoms with Gasteiger partial charge in [-0.05, 0) is 18.1 Å². The number of allylic oxidation sites excluding steroid dienone is 2. The number of hydrogen-bond donors (Lipinski definition) is 2. The van der Waals surface area contributed by atoms with Crippen molar-refractivity contribution in [1.29, 1.82) is 0 Å². The monoisotopic (exact) mass is 422 g/mol. The average Bonchev–Trinajstić information content (AvgIpc) is 2.95. The molecule has 0 saturated heterocycles. The van der Waals surface area contributed by atoms with Crippen LogP contribution in [0.5, 0.6) is 0 Å². The van der Waals surface area contributed by atoms with E-state index in [-0.39, 0.29) is 18.5 Å². The van der Waals surface area contributed by atoms with Crippen molar-refractivity contribution >= 4 is 17.4 Å². The molecule has 0 fully saturated rings. The molecular formula is C21H21F3N2O4. The molecule has 0 saturated carbocycles. The summed E-state index contributed by atoms with van der Waals surface area (Å²) in [5, 5.41) is 12.3. The third-order valence-corrected chi connectivity index (χ3v) is 5.18. The van der Waals surface area contributed by atoms with Crippen molar-refractivity contribution in [2.24, 2.45) is 0 Å². The zero-order chi connectivity index (χ0) is 22.1. The summed E-state index contributed by atoms with van der Waals surface area (Å²) in [6.45, 7) is 1.25. The summed E-state index contributed by atoms with van der Waals surface area (Å²) in [6, 6.07) is 7.76. The molecule has 2 N–H and O–H groups in total. The molecule has 30 heavy (non-hydrogen) atoms. The van der Waals surface area contributed by atoms with Crippen LogP contribution in [0.3, 0.4) is 0 Å². The van der Waals surface area contributed by atoms with Crippen LogP contribution in [0.25, 0.3) is 5.57 Å². The van der Waals surface area contributed by atoms with E-state index in [0.717, 1.165) is 10.5 Å². The minimum absolute atomic E-state index is 0.138. The molecule has 2 unspecified atom stereocenters. The molecule has 160 valence electrons. The van der Waals surface area contributed by atoms with Crippen molar-refractivity contribution in [3.8, 4) is 0 Å². The Bertz CT molecular complexity index is 937. The molecule has 9 heteroatoms.